The fraction of sp³-hybridized carbons (Fsp3) is 0.462. The molecule has 1 aromatic carbocycles. The molecule has 0 aliphatic heterocycles. The van der Waals surface area contributed by atoms with Gasteiger partial charge in [0.2, 0.25) is 15.9 Å². The van der Waals surface area contributed by atoms with Crippen molar-refractivity contribution in [1.82, 2.24) is 4.31 Å². The molecule has 0 saturated heterocycles. The van der Waals surface area contributed by atoms with E-state index >= 15 is 0 Å². The van der Waals surface area contributed by atoms with Gasteiger partial charge in [-0.25, -0.2) is 12.7 Å². The monoisotopic (exact) mass is 315 g/mol. The Hall–Kier alpha value is -1.48. The second-order valence-corrected chi connectivity index (χ2v) is 6.97. The number of benzene rings is 1. The Kier molecular flexibility index (Phi) is 5.85. The number of sulfonamides is 1. The molecule has 1 atom stereocenters. The van der Waals surface area contributed by atoms with Gasteiger partial charge in [-0.2, -0.15) is 0 Å². The number of amides is 1. The maximum absolute atomic E-state index is 12.1. The Morgan fingerprint density at radius 2 is 2.05 bits per heavy atom. The summed E-state index contributed by atoms with van der Waals surface area (Å²) in [6, 6.07) is 3.73. The first-order chi connectivity index (χ1) is 9.70. The molecule has 0 aliphatic rings. The SMILES string of the molecule is COCC(N)C(=O)Nc1cc(S(=O)(=O)N(C)C)ccc1C. The summed E-state index contributed by atoms with van der Waals surface area (Å²) in [4.78, 5) is 12.0. The van der Waals surface area contributed by atoms with Crippen molar-refractivity contribution in [2.45, 2.75) is 17.9 Å². The van der Waals surface area contributed by atoms with Crippen molar-refractivity contribution in [2.24, 2.45) is 5.73 Å². The first-order valence-corrected chi connectivity index (χ1v) is 7.72. The zero-order valence-electron chi connectivity index (χ0n) is 12.6. The number of carbonyl (C=O) groups excluding carboxylic acids is 1. The number of nitrogens with zero attached hydrogens (tertiary/aromatic N) is 1. The fourth-order valence-electron chi connectivity index (χ4n) is 1.59. The molecule has 0 bridgehead atoms. The third-order valence-electron chi connectivity index (χ3n) is 2.93. The molecule has 0 fully saturated rings. The van der Waals surface area contributed by atoms with E-state index in [4.69, 9.17) is 10.5 Å². The van der Waals surface area contributed by atoms with Crippen LogP contribution in [0, 0.1) is 6.92 Å². The van der Waals surface area contributed by atoms with E-state index in [1.807, 2.05) is 0 Å². The van der Waals surface area contributed by atoms with Crippen LogP contribution >= 0.6 is 0 Å². The Morgan fingerprint density at radius 3 is 2.57 bits per heavy atom. The maximum Gasteiger partial charge on any atom is 0.243 e. The van der Waals surface area contributed by atoms with Gasteiger partial charge >= 0.3 is 0 Å². The van der Waals surface area contributed by atoms with E-state index in [9.17, 15) is 13.2 Å². The van der Waals surface area contributed by atoms with Crippen LogP contribution in [0.25, 0.3) is 0 Å². The van der Waals surface area contributed by atoms with Gasteiger partial charge in [0.05, 0.1) is 11.5 Å². The fourth-order valence-corrected chi connectivity index (χ4v) is 2.52. The van der Waals surface area contributed by atoms with Crippen molar-refractivity contribution in [3.8, 4) is 0 Å². The van der Waals surface area contributed by atoms with Gasteiger partial charge in [-0.3, -0.25) is 4.79 Å². The number of carbonyl (C=O) groups is 1. The van der Waals surface area contributed by atoms with Crippen LogP contribution in [0.5, 0.6) is 0 Å². The van der Waals surface area contributed by atoms with Crippen LogP contribution in [0.4, 0.5) is 5.69 Å². The molecule has 7 nitrogen and oxygen atoms in total. The summed E-state index contributed by atoms with van der Waals surface area (Å²) in [7, 11) is 0.784. The van der Waals surface area contributed by atoms with Crippen LogP contribution in [0.1, 0.15) is 5.56 Å². The molecule has 1 amide bonds. The van der Waals surface area contributed by atoms with Crippen molar-refractivity contribution in [2.75, 3.05) is 33.1 Å². The van der Waals surface area contributed by atoms with E-state index in [1.165, 1.54) is 33.3 Å². The van der Waals surface area contributed by atoms with Gasteiger partial charge in [0.25, 0.3) is 0 Å². The van der Waals surface area contributed by atoms with Crippen LogP contribution < -0.4 is 11.1 Å². The molecular weight excluding hydrogens is 294 g/mol. The van der Waals surface area contributed by atoms with Gasteiger partial charge < -0.3 is 15.8 Å². The second-order valence-electron chi connectivity index (χ2n) is 4.82. The van der Waals surface area contributed by atoms with E-state index in [0.29, 0.717) is 5.69 Å². The predicted octanol–water partition coefficient (Wildman–Crippen LogP) is 0.158. The highest BCUT2D eigenvalue weighted by molar-refractivity contribution is 7.89. The summed E-state index contributed by atoms with van der Waals surface area (Å²) >= 11 is 0. The molecule has 1 unspecified atom stereocenters. The summed E-state index contributed by atoms with van der Waals surface area (Å²) in [6.07, 6.45) is 0. The molecule has 21 heavy (non-hydrogen) atoms. The highest BCUT2D eigenvalue weighted by atomic mass is 32.2. The summed E-state index contributed by atoms with van der Waals surface area (Å²) in [5.74, 6) is -0.431. The van der Waals surface area contributed by atoms with Crippen LogP contribution in [0.15, 0.2) is 23.1 Å². The van der Waals surface area contributed by atoms with Gasteiger partial charge in [-0.15, -0.1) is 0 Å². The lowest BCUT2D eigenvalue weighted by Crippen LogP contribution is -2.39. The van der Waals surface area contributed by atoms with Crippen molar-refractivity contribution in [1.29, 1.82) is 0 Å². The summed E-state index contributed by atoms with van der Waals surface area (Å²) in [6.45, 7) is 1.85. The van der Waals surface area contributed by atoms with E-state index in [0.717, 1.165) is 9.87 Å². The smallest absolute Gasteiger partial charge is 0.243 e. The number of ether oxygens (including phenoxy) is 1. The summed E-state index contributed by atoms with van der Waals surface area (Å²) in [5, 5.41) is 2.62. The molecule has 0 saturated carbocycles. The topological polar surface area (TPSA) is 102 Å². The highest BCUT2D eigenvalue weighted by Gasteiger charge is 2.20. The minimum Gasteiger partial charge on any atom is -0.383 e. The molecule has 0 spiro atoms. The second kappa shape index (κ2) is 6.99. The zero-order valence-corrected chi connectivity index (χ0v) is 13.4. The Labute approximate surface area is 125 Å². The average molecular weight is 315 g/mol. The first kappa shape index (κ1) is 17.6. The number of hydrogen-bond donors (Lipinski definition) is 2. The third kappa shape index (κ3) is 4.24. The Balaban J connectivity index is 3.07. The van der Waals surface area contributed by atoms with Gasteiger partial charge in [0, 0.05) is 26.9 Å². The van der Waals surface area contributed by atoms with Crippen molar-refractivity contribution in [3.63, 3.8) is 0 Å². The number of aryl methyl sites for hydroxylation is 1. The third-order valence-corrected chi connectivity index (χ3v) is 4.74. The minimum absolute atomic E-state index is 0.0839. The lowest BCUT2D eigenvalue weighted by molar-refractivity contribution is -0.118. The van der Waals surface area contributed by atoms with Crippen molar-refractivity contribution in [3.05, 3.63) is 23.8 Å². The largest absolute Gasteiger partial charge is 0.383 e. The molecule has 0 radical (unpaired) electrons. The molecular formula is C13H21N3O4S. The van der Waals surface area contributed by atoms with Gasteiger partial charge in [-0.1, -0.05) is 6.07 Å². The molecule has 118 valence electrons. The lowest BCUT2D eigenvalue weighted by Gasteiger charge is -2.16. The molecule has 1 aromatic rings. The molecule has 3 N–H and O–H groups in total. The molecule has 8 heteroatoms. The molecule has 1 rings (SSSR count). The highest BCUT2D eigenvalue weighted by Crippen LogP contribution is 2.22. The number of methoxy groups -OCH3 is 1. The van der Waals surface area contributed by atoms with Crippen LogP contribution in [0.2, 0.25) is 0 Å². The van der Waals surface area contributed by atoms with E-state index in [2.05, 4.69) is 5.32 Å². The van der Waals surface area contributed by atoms with E-state index in [-0.39, 0.29) is 11.5 Å². The number of anilines is 1. The molecule has 0 heterocycles. The predicted molar refractivity (Wildman–Crippen MR) is 80.5 cm³/mol. The van der Waals surface area contributed by atoms with Crippen LogP contribution in [0.3, 0.4) is 0 Å². The molecule has 0 aromatic heterocycles. The summed E-state index contributed by atoms with van der Waals surface area (Å²) in [5.41, 5.74) is 6.79. The minimum atomic E-state index is -3.56. The first-order valence-electron chi connectivity index (χ1n) is 6.28. The lowest BCUT2D eigenvalue weighted by atomic mass is 10.2. The van der Waals surface area contributed by atoms with Crippen LogP contribution in [-0.4, -0.2) is 52.5 Å². The number of rotatable bonds is 6. The van der Waals surface area contributed by atoms with E-state index < -0.39 is 22.0 Å². The zero-order chi connectivity index (χ0) is 16.2. The quantitative estimate of drug-likeness (QED) is 0.778. The maximum atomic E-state index is 12.1. The van der Waals surface area contributed by atoms with E-state index in [1.54, 1.807) is 13.0 Å². The normalized spacial score (nSPS) is 13.2. The summed E-state index contributed by atoms with van der Waals surface area (Å²) < 4.78 is 30.1. The number of hydrogen-bond acceptors (Lipinski definition) is 5. The van der Waals surface area contributed by atoms with Gasteiger partial charge in [-0.05, 0) is 24.6 Å². The van der Waals surface area contributed by atoms with Gasteiger partial charge in [0.15, 0.2) is 0 Å². The van der Waals surface area contributed by atoms with Crippen molar-refractivity contribution >= 4 is 21.6 Å². The number of nitrogens with two attached hydrogens (primary N) is 1. The Morgan fingerprint density at radius 1 is 1.43 bits per heavy atom. The van der Waals surface area contributed by atoms with Gasteiger partial charge in [0.1, 0.15) is 6.04 Å². The standard InChI is InChI=1S/C13H21N3O4S/c1-9-5-6-10(21(18,19)16(2)3)7-12(9)15-13(17)11(14)8-20-4/h5-7,11H,8,14H2,1-4H3,(H,15,17). The Bertz CT molecular complexity index is 614. The van der Waals surface area contributed by atoms with Crippen molar-refractivity contribution < 1.29 is 17.9 Å². The molecule has 0 aliphatic carbocycles. The average Bonchev–Trinajstić information content (AvgIpc) is 2.40. The number of nitrogens with one attached hydrogen (secondary N) is 1. The van der Waals surface area contributed by atoms with Crippen LogP contribution in [-0.2, 0) is 19.6 Å².